The third kappa shape index (κ3) is 2.29. The van der Waals surface area contributed by atoms with Gasteiger partial charge in [0.25, 0.3) is 0 Å². The standard InChI is InChI=1S/C12H10F2N2S/c13-9-4-1-7(5-10(9)14)11-6-17-12(16-11)15-8-2-3-8/h1,4-6,8H,2-3H2,(H,15,16). The first kappa shape index (κ1) is 10.7. The maximum Gasteiger partial charge on any atom is 0.183 e. The SMILES string of the molecule is Fc1ccc(-c2csc(NC3CC3)n2)cc1F. The van der Waals surface area contributed by atoms with Crippen LogP contribution in [0.15, 0.2) is 23.6 Å². The van der Waals surface area contributed by atoms with Gasteiger partial charge < -0.3 is 5.32 Å². The highest BCUT2D eigenvalue weighted by atomic mass is 32.1. The highest BCUT2D eigenvalue weighted by molar-refractivity contribution is 7.14. The first-order valence-electron chi connectivity index (χ1n) is 5.40. The Morgan fingerprint density at radius 3 is 2.76 bits per heavy atom. The quantitative estimate of drug-likeness (QED) is 0.901. The Morgan fingerprint density at radius 1 is 1.24 bits per heavy atom. The maximum atomic E-state index is 13.1. The second-order valence-electron chi connectivity index (χ2n) is 4.09. The molecule has 3 rings (SSSR count). The van der Waals surface area contributed by atoms with Crippen LogP contribution in [0.5, 0.6) is 0 Å². The minimum absolute atomic E-state index is 0.541. The summed E-state index contributed by atoms with van der Waals surface area (Å²) in [5, 5.41) is 5.96. The summed E-state index contributed by atoms with van der Waals surface area (Å²) in [4.78, 5) is 4.35. The topological polar surface area (TPSA) is 24.9 Å². The van der Waals surface area contributed by atoms with Gasteiger partial charge in [0.2, 0.25) is 0 Å². The molecule has 1 aliphatic rings. The van der Waals surface area contributed by atoms with Crippen molar-refractivity contribution in [1.29, 1.82) is 0 Å². The molecule has 88 valence electrons. The molecule has 0 amide bonds. The lowest BCUT2D eigenvalue weighted by Crippen LogP contribution is -1.99. The van der Waals surface area contributed by atoms with Crippen molar-refractivity contribution in [3.8, 4) is 11.3 Å². The van der Waals surface area contributed by atoms with Gasteiger partial charge in [0.15, 0.2) is 16.8 Å². The number of nitrogens with one attached hydrogen (secondary N) is 1. The van der Waals surface area contributed by atoms with Gasteiger partial charge in [-0.2, -0.15) is 0 Å². The summed E-state index contributed by atoms with van der Waals surface area (Å²) >= 11 is 1.48. The monoisotopic (exact) mass is 252 g/mol. The lowest BCUT2D eigenvalue weighted by molar-refractivity contribution is 0.509. The van der Waals surface area contributed by atoms with Crippen LogP contribution in [0, 0.1) is 11.6 Å². The number of thiazole rings is 1. The van der Waals surface area contributed by atoms with Crippen molar-refractivity contribution in [3.63, 3.8) is 0 Å². The molecule has 1 fully saturated rings. The molecule has 0 bridgehead atoms. The van der Waals surface area contributed by atoms with Gasteiger partial charge in [0.05, 0.1) is 5.69 Å². The number of benzene rings is 1. The van der Waals surface area contributed by atoms with Crippen molar-refractivity contribution in [2.45, 2.75) is 18.9 Å². The molecule has 1 aromatic heterocycles. The van der Waals surface area contributed by atoms with Crippen LogP contribution >= 0.6 is 11.3 Å². The molecule has 5 heteroatoms. The Labute approximate surface area is 101 Å². The van der Waals surface area contributed by atoms with Crippen LogP contribution in [0.2, 0.25) is 0 Å². The second-order valence-corrected chi connectivity index (χ2v) is 4.94. The lowest BCUT2D eigenvalue weighted by Gasteiger charge is -1.99. The number of hydrogen-bond donors (Lipinski definition) is 1. The van der Waals surface area contributed by atoms with E-state index >= 15 is 0 Å². The molecular weight excluding hydrogens is 242 g/mol. The van der Waals surface area contributed by atoms with Crippen molar-refractivity contribution in [3.05, 3.63) is 35.2 Å². The zero-order valence-electron chi connectivity index (χ0n) is 8.91. The van der Waals surface area contributed by atoms with E-state index in [0.717, 1.165) is 11.2 Å². The van der Waals surface area contributed by atoms with Gasteiger partial charge >= 0.3 is 0 Å². The zero-order valence-corrected chi connectivity index (χ0v) is 9.73. The van der Waals surface area contributed by atoms with Crippen LogP contribution in [-0.4, -0.2) is 11.0 Å². The minimum atomic E-state index is -0.841. The number of halogens is 2. The first-order valence-corrected chi connectivity index (χ1v) is 6.28. The number of hydrogen-bond acceptors (Lipinski definition) is 3. The largest absolute Gasteiger partial charge is 0.359 e. The van der Waals surface area contributed by atoms with Gasteiger partial charge in [-0.25, -0.2) is 13.8 Å². The molecule has 17 heavy (non-hydrogen) atoms. The molecule has 1 heterocycles. The molecule has 2 aromatic rings. The number of aromatic nitrogens is 1. The number of rotatable bonds is 3. The molecule has 2 nitrogen and oxygen atoms in total. The fraction of sp³-hybridized carbons (Fsp3) is 0.250. The fourth-order valence-electron chi connectivity index (χ4n) is 1.53. The Bertz CT molecular complexity index is 549. The fourth-order valence-corrected chi connectivity index (χ4v) is 2.33. The van der Waals surface area contributed by atoms with E-state index in [4.69, 9.17) is 0 Å². The Hall–Kier alpha value is -1.49. The normalized spacial score (nSPS) is 14.9. The van der Waals surface area contributed by atoms with Crippen molar-refractivity contribution in [2.24, 2.45) is 0 Å². The molecule has 0 aliphatic heterocycles. The van der Waals surface area contributed by atoms with E-state index in [-0.39, 0.29) is 0 Å². The molecule has 1 saturated carbocycles. The summed E-state index contributed by atoms with van der Waals surface area (Å²) in [7, 11) is 0. The molecule has 0 saturated heterocycles. The van der Waals surface area contributed by atoms with E-state index < -0.39 is 11.6 Å². The van der Waals surface area contributed by atoms with E-state index in [1.54, 1.807) is 0 Å². The first-order chi connectivity index (χ1) is 8.22. The molecule has 0 spiro atoms. The lowest BCUT2D eigenvalue weighted by atomic mass is 10.2. The number of anilines is 1. The summed E-state index contributed by atoms with van der Waals surface area (Å²) in [5.74, 6) is -1.67. The van der Waals surface area contributed by atoms with Crippen LogP contribution in [0.4, 0.5) is 13.9 Å². The Balaban J connectivity index is 1.86. The van der Waals surface area contributed by atoms with E-state index in [9.17, 15) is 8.78 Å². The van der Waals surface area contributed by atoms with Crippen molar-refractivity contribution in [1.82, 2.24) is 4.98 Å². The van der Waals surface area contributed by atoms with E-state index in [0.29, 0.717) is 17.3 Å². The Kier molecular flexibility index (Phi) is 2.55. The zero-order chi connectivity index (χ0) is 11.8. The van der Waals surface area contributed by atoms with Crippen LogP contribution < -0.4 is 5.32 Å². The highest BCUT2D eigenvalue weighted by Crippen LogP contribution is 2.30. The van der Waals surface area contributed by atoms with Gasteiger partial charge in [-0.1, -0.05) is 0 Å². The summed E-state index contributed by atoms with van der Waals surface area (Å²) in [5.41, 5.74) is 1.28. The van der Waals surface area contributed by atoms with Gasteiger partial charge in [-0.15, -0.1) is 11.3 Å². The van der Waals surface area contributed by atoms with Crippen molar-refractivity contribution in [2.75, 3.05) is 5.32 Å². The van der Waals surface area contributed by atoms with Gasteiger partial charge in [0.1, 0.15) is 0 Å². The van der Waals surface area contributed by atoms with Gasteiger partial charge in [-0.3, -0.25) is 0 Å². The average molecular weight is 252 g/mol. The average Bonchev–Trinajstić information content (AvgIpc) is 2.99. The summed E-state index contributed by atoms with van der Waals surface area (Å²) in [6, 6.07) is 4.37. The van der Waals surface area contributed by atoms with Crippen LogP contribution in [-0.2, 0) is 0 Å². The smallest absolute Gasteiger partial charge is 0.183 e. The molecule has 0 atom stereocenters. The molecule has 1 aromatic carbocycles. The third-order valence-electron chi connectivity index (χ3n) is 2.62. The van der Waals surface area contributed by atoms with E-state index in [1.807, 2.05) is 5.38 Å². The summed E-state index contributed by atoms with van der Waals surface area (Å²) < 4.78 is 25.9. The van der Waals surface area contributed by atoms with Crippen molar-refractivity contribution < 1.29 is 8.78 Å². The summed E-state index contributed by atoms with van der Waals surface area (Å²) in [6.07, 6.45) is 2.36. The molecule has 0 unspecified atom stereocenters. The molecule has 0 radical (unpaired) electrons. The highest BCUT2D eigenvalue weighted by Gasteiger charge is 2.22. The minimum Gasteiger partial charge on any atom is -0.359 e. The van der Waals surface area contributed by atoms with Gasteiger partial charge in [0, 0.05) is 17.0 Å². The van der Waals surface area contributed by atoms with Crippen LogP contribution in [0.1, 0.15) is 12.8 Å². The third-order valence-corrected chi connectivity index (χ3v) is 3.40. The molecule has 1 N–H and O–H groups in total. The number of nitrogens with zero attached hydrogens (tertiary/aromatic N) is 1. The second kappa shape index (κ2) is 4.07. The predicted molar refractivity (Wildman–Crippen MR) is 64.1 cm³/mol. The summed E-state index contributed by atoms with van der Waals surface area (Å²) in [6.45, 7) is 0. The maximum absolute atomic E-state index is 13.1. The predicted octanol–water partition coefficient (Wildman–Crippen LogP) is 3.66. The van der Waals surface area contributed by atoms with Crippen LogP contribution in [0.3, 0.4) is 0 Å². The molecular formula is C12H10F2N2S. The van der Waals surface area contributed by atoms with Crippen LogP contribution in [0.25, 0.3) is 11.3 Å². The van der Waals surface area contributed by atoms with Crippen molar-refractivity contribution >= 4 is 16.5 Å². The van der Waals surface area contributed by atoms with E-state index in [2.05, 4.69) is 10.3 Å². The Morgan fingerprint density at radius 2 is 2.06 bits per heavy atom. The van der Waals surface area contributed by atoms with E-state index in [1.165, 1.54) is 36.3 Å². The van der Waals surface area contributed by atoms with Gasteiger partial charge in [-0.05, 0) is 31.0 Å². The molecule has 1 aliphatic carbocycles.